The molecule has 1 heterocycles. The molecule has 0 unspecified atom stereocenters. The number of aromatic nitrogens is 2. The smallest absolute Gasteiger partial charge is 0.259 e. The average Bonchev–Trinajstić information content (AvgIpc) is 2.63. The Kier molecular flexibility index (Phi) is 3.52. The van der Waals surface area contributed by atoms with Crippen molar-refractivity contribution in [1.29, 1.82) is 0 Å². The molecule has 0 atom stereocenters. The molecule has 0 spiro atoms. The number of carbonyl (C=O) groups is 1. The predicted molar refractivity (Wildman–Crippen MR) is 74.8 cm³/mol. The van der Waals surface area contributed by atoms with Gasteiger partial charge in [0.25, 0.3) is 5.91 Å². The molecule has 4 nitrogen and oxygen atoms in total. The van der Waals surface area contributed by atoms with Crippen LogP contribution in [-0.2, 0) is 7.05 Å². The molecule has 0 N–H and O–H groups in total. The van der Waals surface area contributed by atoms with Gasteiger partial charge < -0.3 is 0 Å². The Morgan fingerprint density at radius 1 is 1.33 bits per heavy atom. The van der Waals surface area contributed by atoms with E-state index in [-0.39, 0.29) is 5.91 Å². The van der Waals surface area contributed by atoms with E-state index >= 15 is 0 Å². The number of halogens is 1. The van der Waals surface area contributed by atoms with Gasteiger partial charge in [-0.2, -0.15) is 5.10 Å². The van der Waals surface area contributed by atoms with Crippen molar-refractivity contribution in [3.05, 3.63) is 46.1 Å². The number of benzene rings is 1. The molecule has 0 aliphatic rings. The average molecular weight is 308 g/mol. The number of amides is 1. The van der Waals surface area contributed by atoms with Crippen LogP contribution in [0.4, 0.5) is 5.82 Å². The molecule has 18 heavy (non-hydrogen) atoms. The highest BCUT2D eigenvalue weighted by atomic mass is 79.9. The SMILES string of the molecule is Cc1nn(C)c(N(C)C(=O)c2ccccc2)c1Br. The van der Waals surface area contributed by atoms with Crippen LogP contribution in [0.25, 0.3) is 0 Å². The summed E-state index contributed by atoms with van der Waals surface area (Å²) in [7, 11) is 3.57. The lowest BCUT2D eigenvalue weighted by Crippen LogP contribution is -2.28. The van der Waals surface area contributed by atoms with Crippen LogP contribution in [0.2, 0.25) is 0 Å². The fraction of sp³-hybridized carbons (Fsp3) is 0.231. The normalized spacial score (nSPS) is 10.4. The van der Waals surface area contributed by atoms with Crippen molar-refractivity contribution in [2.75, 3.05) is 11.9 Å². The van der Waals surface area contributed by atoms with Crippen LogP contribution in [0.3, 0.4) is 0 Å². The van der Waals surface area contributed by atoms with Gasteiger partial charge in [0.15, 0.2) is 0 Å². The van der Waals surface area contributed by atoms with E-state index < -0.39 is 0 Å². The van der Waals surface area contributed by atoms with Gasteiger partial charge in [-0.15, -0.1) is 0 Å². The first-order valence-corrected chi connectivity index (χ1v) is 6.34. The van der Waals surface area contributed by atoms with E-state index in [2.05, 4.69) is 21.0 Å². The summed E-state index contributed by atoms with van der Waals surface area (Å²) in [6, 6.07) is 9.20. The number of aryl methyl sites for hydroxylation is 2. The summed E-state index contributed by atoms with van der Waals surface area (Å²) in [5.74, 6) is 0.695. The van der Waals surface area contributed by atoms with E-state index in [9.17, 15) is 4.79 Å². The molecule has 1 amide bonds. The lowest BCUT2D eigenvalue weighted by atomic mass is 10.2. The minimum atomic E-state index is -0.0562. The molecule has 0 saturated carbocycles. The summed E-state index contributed by atoms with van der Waals surface area (Å²) in [5.41, 5.74) is 1.52. The summed E-state index contributed by atoms with van der Waals surface area (Å²) in [6.07, 6.45) is 0. The third-order valence-corrected chi connectivity index (χ3v) is 3.69. The molecule has 0 aliphatic heterocycles. The maximum absolute atomic E-state index is 12.3. The van der Waals surface area contributed by atoms with E-state index in [4.69, 9.17) is 0 Å². The van der Waals surface area contributed by atoms with Crippen LogP contribution in [0.5, 0.6) is 0 Å². The highest BCUT2D eigenvalue weighted by Crippen LogP contribution is 2.28. The van der Waals surface area contributed by atoms with Crippen molar-refractivity contribution < 1.29 is 4.79 Å². The second-order valence-corrected chi connectivity index (χ2v) is 4.87. The van der Waals surface area contributed by atoms with Gasteiger partial charge in [0.2, 0.25) is 0 Å². The fourth-order valence-corrected chi connectivity index (χ4v) is 2.46. The number of hydrogen-bond donors (Lipinski definition) is 0. The first kappa shape index (κ1) is 12.8. The first-order chi connectivity index (χ1) is 8.52. The van der Waals surface area contributed by atoms with Crippen molar-refractivity contribution in [3.63, 3.8) is 0 Å². The lowest BCUT2D eigenvalue weighted by Gasteiger charge is -2.17. The zero-order valence-corrected chi connectivity index (χ0v) is 12.1. The van der Waals surface area contributed by atoms with Crippen LogP contribution in [0.1, 0.15) is 16.1 Å². The van der Waals surface area contributed by atoms with Gasteiger partial charge in [0.1, 0.15) is 5.82 Å². The minimum absolute atomic E-state index is 0.0562. The first-order valence-electron chi connectivity index (χ1n) is 5.54. The molecule has 5 heteroatoms. The largest absolute Gasteiger partial charge is 0.295 e. The minimum Gasteiger partial charge on any atom is -0.295 e. The number of rotatable bonds is 2. The summed E-state index contributed by atoms with van der Waals surface area (Å²) in [4.78, 5) is 13.9. The standard InChI is InChI=1S/C13H14BrN3O/c1-9-11(14)12(17(3)15-9)16(2)13(18)10-7-5-4-6-8-10/h4-8H,1-3H3. The second kappa shape index (κ2) is 4.94. The quantitative estimate of drug-likeness (QED) is 0.855. The summed E-state index contributed by atoms with van der Waals surface area (Å²) >= 11 is 3.47. The van der Waals surface area contributed by atoms with E-state index in [1.165, 1.54) is 0 Å². The van der Waals surface area contributed by atoms with Gasteiger partial charge in [-0.1, -0.05) is 18.2 Å². The van der Waals surface area contributed by atoms with Crippen LogP contribution < -0.4 is 4.90 Å². The lowest BCUT2D eigenvalue weighted by molar-refractivity contribution is 0.0991. The molecule has 0 saturated heterocycles. The molecule has 0 bridgehead atoms. The Balaban J connectivity index is 2.38. The van der Waals surface area contributed by atoms with Crippen LogP contribution in [0, 0.1) is 6.92 Å². The molecule has 0 aliphatic carbocycles. The van der Waals surface area contributed by atoms with E-state index in [0.717, 1.165) is 16.0 Å². The zero-order chi connectivity index (χ0) is 13.3. The number of nitrogens with zero attached hydrogens (tertiary/aromatic N) is 3. The molecule has 0 radical (unpaired) electrons. The van der Waals surface area contributed by atoms with E-state index in [1.807, 2.05) is 32.2 Å². The molecule has 0 fully saturated rings. The number of carbonyl (C=O) groups excluding carboxylic acids is 1. The maximum Gasteiger partial charge on any atom is 0.259 e. The number of hydrogen-bond acceptors (Lipinski definition) is 2. The van der Waals surface area contributed by atoms with Crippen molar-refractivity contribution in [2.24, 2.45) is 7.05 Å². The van der Waals surface area contributed by atoms with Crippen LogP contribution in [0.15, 0.2) is 34.8 Å². The Bertz CT molecular complexity index is 577. The van der Waals surface area contributed by atoms with Crippen LogP contribution >= 0.6 is 15.9 Å². The summed E-state index contributed by atoms with van der Waals surface area (Å²) in [6.45, 7) is 1.90. The van der Waals surface area contributed by atoms with Gasteiger partial charge in [-0.25, -0.2) is 0 Å². The second-order valence-electron chi connectivity index (χ2n) is 4.08. The molecule has 94 valence electrons. The monoisotopic (exact) mass is 307 g/mol. The highest BCUT2D eigenvalue weighted by molar-refractivity contribution is 9.10. The Hall–Kier alpha value is -1.62. The molecule has 2 aromatic rings. The van der Waals surface area contributed by atoms with Crippen molar-refractivity contribution in [3.8, 4) is 0 Å². The molecule has 2 rings (SSSR count). The van der Waals surface area contributed by atoms with Gasteiger partial charge in [0, 0.05) is 19.7 Å². The topological polar surface area (TPSA) is 38.1 Å². The van der Waals surface area contributed by atoms with Gasteiger partial charge >= 0.3 is 0 Å². The van der Waals surface area contributed by atoms with E-state index in [0.29, 0.717) is 5.56 Å². The molecule has 1 aromatic heterocycles. The Morgan fingerprint density at radius 2 is 1.94 bits per heavy atom. The Labute approximate surface area is 114 Å². The molecule has 1 aromatic carbocycles. The highest BCUT2D eigenvalue weighted by Gasteiger charge is 2.20. The molecular weight excluding hydrogens is 294 g/mol. The van der Waals surface area contributed by atoms with Crippen molar-refractivity contribution in [2.45, 2.75) is 6.92 Å². The third-order valence-electron chi connectivity index (χ3n) is 2.76. The van der Waals surface area contributed by atoms with Gasteiger partial charge in [0.05, 0.1) is 10.2 Å². The van der Waals surface area contributed by atoms with Crippen LogP contribution in [-0.4, -0.2) is 22.7 Å². The number of anilines is 1. The summed E-state index contributed by atoms with van der Waals surface area (Å²) in [5, 5.41) is 4.28. The van der Waals surface area contributed by atoms with Gasteiger partial charge in [-0.05, 0) is 35.0 Å². The summed E-state index contributed by atoms with van der Waals surface area (Å²) < 4.78 is 2.54. The third kappa shape index (κ3) is 2.18. The van der Waals surface area contributed by atoms with Gasteiger partial charge in [-0.3, -0.25) is 14.4 Å². The predicted octanol–water partition coefficient (Wildman–Crippen LogP) is 2.77. The molecular formula is C13H14BrN3O. The fourth-order valence-electron chi connectivity index (χ4n) is 1.86. The maximum atomic E-state index is 12.3. The van der Waals surface area contributed by atoms with Crippen molar-refractivity contribution in [1.82, 2.24) is 9.78 Å². The van der Waals surface area contributed by atoms with E-state index in [1.54, 1.807) is 28.8 Å². The zero-order valence-electron chi connectivity index (χ0n) is 10.5. The van der Waals surface area contributed by atoms with Crippen molar-refractivity contribution >= 4 is 27.7 Å². The Morgan fingerprint density at radius 3 is 2.44 bits per heavy atom.